The van der Waals surface area contributed by atoms with Gasteiger partial charge >= 0.3 is 5.97 Å². The first-order chi connectivity index (χ1) is 8.69. The number of thiazole rings is 1. The molecular weight excluding hydrogens is 252 g/mol. The van der Waals surface area contributed by atoms with Gasteiger partial charge < -0.3 is 10.1 Å². The second-order valence-corrected chi connectivity index (χ2v) is 4.55. The molecule has 0 aromatic carbocycles. The molecule has 0 saturated heterocycles. The highest BCUT2D eigenvalue weighted by Crippen LogP contribution is 2.10. The highest BCUT2D eigenvalue weighted by molar-refractivity contribution is 7.09. The number of carbonyl (C=O) groups is 1. The first kappa shape index (κ1) is 12.4. The quantitative estimate of drug-likeness (QED) is 0.846. The zero-order valence-electron chi connectivity index (χ0n) is 10.0. The van der Waals surface area contributed by atoms with E-state index in [2.05, 4.69) is 25.0 Å². The molecule has 0 atom stereocenters. The number of hydrogen-bond donors (Lipinski definition) is 1. The number of esters is 1. The summed E-state index contributed by atoms with van der Waals surface area (Å²) < 4.78 is 4.58. The van der Waals surface area contributed by atoms with Crippen LogP contribution in [0.4, 0.5) is 5.82 Å². The Labute approximate surface area is 108 Å². The van der Waals surface area contributed by atoms with Crippen molar-refractivity contribution >= 4 is 23.1 Å². The van der Waals surface area contributed by atoms with Crippen molar-refractivity contribution in [3.05, 3.63) is 34.2 Å². The zero-order valence-corrected chi connectivity index (χ0v) is 10.8. The molecule has 0 aliphatic rings. The maximum Gasteiger partial charge on any atom is 0.358 e. The van der Waals surface area contributed by atoms with Crippen LogP contribution in [0.5, 0.6) is 0 Å². The zero-order chi connectivity index (χ0) is 13.0. The van der Waals surface area contributed by atoms with Gasteiger partial charge in [0, 0.05) is 5.38 Å². The minimum Gasteiger partial charge on any atom is -0.464 e. The van der Waals surface area contributed by atoms with Gasteiger partial charge in [-0.15, -0.1) is 11.3 Å². The lowest BCUT2D eigenvalue weighted by Crippen LogP contribution is -2.08. The van der Waals surface area contributed by atoms with Crippen LogP contribution in [0.2, 0.25) is 0 Å². The maximum atomic E-state index is 11.3. The lowest BCUT2D eigenvalue weighted by atomic mass is 10.4. The molecule has 0 bridgehead atoms. The van der Waals surface area contributed by atoms with E-state index in [0.29, 0.717) is 12.4 Å². The summed E-state index contributed by atoms with van der Waals surface area (Å²) in [4.78, 5) is 23.6. The van der Waals surface area contributed by atoms with Crippen molar-refractivity contribution in [3.8, 4) is 0 Å². The van der Waals surface area contributed by atoms with Crippen LogP contribution in [0.3, 0.4) is 0 Å². The lowest BCUT2D eigenvalue weighted by Gasteiger charge is -2.04. The first-order valence-corrected chi connectivity index (χ1v) is 6.12. The van der Waals surface area contributed by atoms with Crippen molar-refractivity contribution in [2.24, 2.45) is 0 Å². The van der Waals surface area contributed by atoms with Crippen molar-refractivity contribution in [1.29, 1.82) is 0 Å². The Kier molecular flexibility index (Phi) is 3.83. The van der Waals surface area contributed by atoms with Crippen LogP contribution in [0.1, 0.15) is 21.2 Å². The van der Waals surface area contributed by atoms with Gasteiger partial charge in [0.15, 0.2) is 5.69 Å². The van der Waals surface area contributed by atoms with Gasteiger partial charge in [0.05, 0.1) is 36.7 Å². The minimum atomic E-state index is -0.504. The number of carbonyl (C=O) groups excluding carboxylic acids is 1. The van der Waals surface area contributed by atoms with E-state index in [0.717, 1.165) is 10.7 Å². The fourth-order valence-corrected chi connectivity index (χ4v) is 1.94. The first-order valence-electron chi connectivity index (χ1n) is 5.24. The van der Waals surface area contributed by atoms with Crippen LogP contribution >= 0.6 is 11.3 Å². The summed E-state index contributed by atoms with van der Waals surface area (Å²) in [6, 6.07) is 0. The molecule has 0 radical (unpaired) electrons. The molecule has 94 valence electrons. The average Bonchev–Trinajstić information content (AvgIpc) is 2.81. The minimum absolute atomic E-state index is 0.178. The van der Waals surface area contributed by atoms with Crippen molar-refractivity contribution < 1.29 is 9.53 Å². The van der Waals surface area contributed by atoms with Crippen LogP contribution in [-0.4, -0.2) is 28.0 Å². The molecule has 0 spiro atoms. The third-order valence-corrected chi connectivity index (χ3v) is 2.97. The van der Waals surface area contributed by atoms with Crippen molar-refractivity contribution in [3.63, 3.8) is 0 Å². The van der Waals surface area contributed by atoms with Gasteiger partial charge in [-0.1, -0.05) is 0 Å². The highest BCUT2D eigenvalue weighted by atomic mass is 32.1. The molecule has 1 N–H and O–H groups in total. The molecule has 2 rings (SSSR count). The largest absolute Gasteiger partial charge is 0.464 e. The highest BCUT2D eigenvalue weighted by Gasteiger charge is 2.08. The molecule has 0 aliphatic carbocycles. The summed E-state index contributed by atoms with van der Waals surface area (Å²) in [5.74, 6) is 0.0132. The number of nitrogens with zero attached hydrogens (tertiary/aromatic N) is 3. The Morgan fingerprint density at radius 1 is 1.44 bits per heavy atom. The van der Waals surface area contributed by atoms with Gasteiger partial charge in [-0.05, 0) is 6.92 Å². The van der Waals surface area contributed by atoms with Crippen molar-refractivity contribution in [2.75, 3.05) is 12.4 Å². The van der Waals surface area contributed by atoms with E-state index in [9.17, 15) is 4.79 Å². The topological polar surface area (TPSA) is 77.0 Å². The number of methoxy groups -OCH3 is 1. The van der Waals surface area contributed by atoms with Crippen LogP contribution in [0.25, 0.3) is 0 Å². The summed E-state index contributed by atoms with van der Waals surface area (Å²) in [5, 5.41) is 6.04. The monoisotopic (exact) mass is 264 g/mol. The summed E-state index contributed by atoms with van der Waals surface area (Å²) >= 11 is 1.59. The maximum absolute atomic E-state index is 11.3. The molecule has 0 amide bonds. The van der Waals surface area contributed by atoms with Crippen LogP contribution in [0, 0.1) is 6.92 Å². The van der Waals surface area contributed by atoms with E-state index >= 15 is 0 Å². The number of ether oxygens (including phenoxy) is 1. The Morgan fingerprint density at radius 2 is 2.28 bits per heavy atom. The van der Waals surface area contributed by atoms with E-state index < -0.39 is 5.97 Å². The van der Waals surface area contributed by atoms with Gasteiger partial charge in [0.1, 0.15) is 5.82 Å². The number of aromatic nitrogens is 3. The molecule has 0 saturated carbocycles. The smallest absolute Gasteiger partial charge is 0.358 e. The molecule has 6 nitrogen and oxygen atoms in total. The summed E-state index contributed by atoms with van der Waals surface area (Å²) in [5.41, 5.74) is 1.11. The second kappa shape index (κ2) is 5.54. The lowest BCUT2D eigenvalue weighted by molar-refractivity contribution is 0.0593. The number of aryl methyl sites for hydroxylation is 1. The second-order valence-electron chi connectivity index (χ2n) is 3.49. The summed E-state index contributed by atoms with van der Waals surface area (Å²) in [7, 11) is 1.31. The number of hydrogen-bond acceptors (Lipinski definition) is 7. The van der Waals surface area contributed by atoms with Crippen LogP contribution in [-0.2, 0) is 11.3 Å². The van der Waals surface area contributed by atoms with Crippen molar-refractivity contribution in [2.45, 2.75) is 13.5 Å². The standard InChI is InChI=1S/C11H12N4O2S/c1-7-14-8(6-18-7)3-13-10-5-12-4-9(15-10)11(16)17-2/h4-6H,3H2,1-2H3,(H,13,15). The van der Waals surface area contributed by atoms with Gasteiger partial charge in [0.25, 0.3) is 0 Å². The fourth-order valence-electron chi connectivity index (χ4n) is 1.32. The molecule has 2 heterocycles. The third-order valence-electron chi connectivity index (χ3n) is 2.15. The SMILES string of the molecule is COC(=O)c1cncc(NCc2csc(C)n2)n1. The number of rotatable bonds is 4. The molecule has 0 fully saturated rings. The predicted octanol–water partition coefficient (Wildman–Crippen LogP) is 1.64. The molecule has 7 heteroatoms. The molecular formula is C11H12N4O2S. The normalized spacial score (nSPS) is 10.1. The Balaban J connectivity index is 2.03. The van der Waals surface area contributed by atoms with E-state index in [1.54, 1.807) is 17.5 Å². The average molecular weight is 264 g/mol. The van der Waals surface area contributed by atoms with E-state index in [1.165, 1.54) is 13.3 Å². The molecule has 2 aromatic heterocycles. The molecule has 0 aliphatic heterocycles. The van der Waals surface area contributed by atoms with Crippen LogP contribution in [0.15, 0.2) is 17.8 Å². The Bertz CT molecular complexity index is 555. The van der Waals surface area contributed by atoms with Crippen LogP contribution < -0.4 is 5.32 Å². The third kappa shape index (κ3) is 3.01. The molecule has 0 unspecified atom stereocenters. The van der Waals surface area contributed by atoms with Gasteiger partial charge in [-0.25, -0.2) is 14.8 Å². The van der Waals surface area contributed by atoms with E-state index in [1.807, 2.05) is 12.3 Å². The predicted molar refractivity (Wildman–Crippen MR) is 67.5 cm³/mol. The van der Waals surface area contributed by atoms with Gasteiger partial charge in [-0.2, -0.15) is 0 Å². The van der Waals surface area contributed by atoms with Crippen molar-refractivity contribution in [1.82, 2.24) is 15.0 Å². The summed E-state index contributed by atoms with van der Waals surface area (Å²) in [6.45, 7) is 2.50. The number of nitrogens with one attached hydrogen (secondary N) is 1. The molecule has 18 heavy (non-hydrogen) atoms. The van der Waals surface area contributed by atoms with E-state index in [4.69, 9.17) is 0 Å². The fraction of sp³-hybridized carbons (Fsp3) is 0.273. The Morgan fingerprint density at radius 3 is 2.94 bits per heavy atom. The number of anilines is 1. The summed E-state index contributed by atoms with van der Waals surface area (Å²) in [6.07, 6.45) is 2.91. The molecule has 2 aromatic rings. The van der Waals surface area contributed by atoms with E-state index in [-0.39, 0.29) is 5.69 Å². The van der Waals surface area contributed by atoms with Gasteiger partial charge in [-0.3, -0.25) is 4.98 Å². The van der Waals surface area contributed by atoms with Gasteiger partial charge in [0.2, 0.25) is 0 Å². The Hall–Kier alpha value is -2.02.